The molecule has 0 spiro atoms. The zero-order chi connectivity index (χ0) is 13.9. The van der Waals surface area contributed by atoms with E-state index in [-0.39, 0.29) is 6.04 Å². The average molecular weight is 276 g/mol. The molecular weight excluding hydrogens is 256 g/mol. The molecular formula is C13H20N6O. The Hall–Kier alpha value is -1.76. The van der Waals surface area contributed by atoms with Gasteiger partial charge < -0.3 is 4.52 Å². The van der Waals surface area contributed by atoms with Gasteiger partial charge in [-0.15, -0.1) is 0 Å². The topological polar surface area (TPSA) is 72.9 Å². The van der Waals surface area contributed by atoms with E-state index >= 15 is 0 Å². The Morgan fingerprint density at radius 3 is 3.10 bits per heavy atom. The van der Waals surface area contributed by atoms with Crippen LogP contribution in [-0.4, -0.2) is 42.9 Å². The van der Waals surface area contributed by atoms with Crippen LogP contribution in [-0.2, 0) is 6.54 Å². The molecule has 1 fully saturated rings. The fourth-order valence-corrected chi connectivity index (χ4v) is 2.83. The van der Waals surface area contributed by atoms with E-state index in [1.807, 2.05) is 11.6 Å². The Labute approximate surface area is 118 Å². The van der Waals surface area contributed by atoms with Gasteiger partial charge in [-0.1, -0.05) is 5.16 Å². The maximum absolute atomic E-state index is 5.29. The number of nitrogens with zero attached hydrogens (tertiary/aromatic N) is 6. The van der Waals surface area contributed by atoms with Crippen LogP contribution in [0.2, 0.25) is 0 Å². The highest BCUT2D eigenvalue weighted by molar-refractivity contribution is 4.92. The minimum absolute atomic E-state index is 0.176. The third kappa shape index (κ3) is 2.87. The van der Waals surface area contributed by atoms with E-state index in [0.29, 0.717) is 17.6 Å². The van der Waals surface area contributed by atoms with Crippen molar-refractivity contribution in [2.75, 3.05) is 13.1 Å². The number of piperidine rings is 1. The average Bonchev–Trinajstić information content (AvgIpc) is 3.10. The minimum atomic E-state index is 0.176. The molecule has 2 aromatic heterocycles. The van der Waals surface area contributed by atoms with E-state index < -0.39 is 0 Å². The van der Waals surface area contributed by atoms with Gasteiger partial charge >= 0.3 is 0 Å². The molecule has 1 saturated heterocycles. The fraction of sp³-hybridized carbons (Fsp3) is 0.692. The first-order valence-corrected chi connectivity index (χ1v) is 7.09. The Kier molecular flexibility index (Phi) is 3.77. The van der Waals surface area contributed by atoms with Crippen LogP contribution in [0.3, 0.4) is 0 Å². The Morgan fingerprint density at radius 1 is 1.50 bits per heavy atom. The third-order valence-corrected chi connectivity index (χ3v) is 3.91. The van der Waals surface area contributed by atoms with Gasteiger partial charge in [-0.3, -0.25) is 9.58 Å². The summed E-state index contributed by atoms with van der Waals surface area (Å²) in [6, 6.07) is 0.176. The third-order valence-electron chi connectivity index (χ3n) is 3.91. The van der Waals surface area contributed by atoms with E-state index in [1.165, 1.54) is 12.8 Å². The normalized spacial score (nSPS) is 22.0. The lowest BCUT2D eigenvalue weighted by molar-refractivity contribution is 0.102. The van der Waals surface area contributed by atoms with Crippen LogP contribution in [0, 0.1) is 12.8 Å². The van der Waals surface area contributed by atoms with Crippen LogP contribution in [0.1, 0.15) is 37.5 Å². The summed E-state index contributed by atoms with van der Waals surface area (Å²) in [7, 11) is 0. The number of aromatic nitrogens is 5. The van der Waals surface area contributed by atoms with Gasteiger partial charge in [0.1, 0.15) is 12.7 Å². The maximum atomic E-state index is 5.29. The Morgan fingerprint density at radius 2 is 2.40 bits per heavy atom. The van der Waals surface area contributed by atoms with Gasteiger partial charge in [0.05, 0.1) is 6.04 Å². The molecule has 0 radical (unpaired) electrons. The molecule has 0 unspecified atom stereocenters. The summed E-state index contributed by atoms with van der Waals surface area (Å²) in [6.07, 6.45) is 5.79. The van der Waals surface area contributed by atoms with E-state index in [9.17, 15) is 0 Å². The number of hydrogen-bond donors (Lipinski definition) is 0. The number of rotatable bonds is 4. The first-order valence-electron chi connectivity index (χ1n) is 7.09. The van der Waals surface area contributed by atoms with Crippen molar-refractivity contribution in [1.29, 1.82) is 0 Å². The van der Waals surface area contributed by atoms with Gasteiger partial charge in [0.15, 0.2) is 5.82 Å². The van der Waals surface area contributed by atoms with Gasteiger partial charge in [-0.2, -0.15) is 10.1 Å². The van der Waals surface area contributed by atoms with E-state index in [4.69, 9.17) is 4.52 Å². The first kappa shape index (κ1) is 13.2. The highest BCUT2D eigenvalue weighted by atomic mass is 16.5. The Bertz CT molecular complexity index is 537. The van der Waals surface area contributed by atoms with Crippen LogP contribution >= 0.6 is 0 Å². The van der Waals surface area contributed by atoms with Crippen molar-refractivity contribution in [1.82, 2.24) is 29.8 Å². The molecule has 0 aromatic carbocycles. The largest absolute Gasteiger partial charge is 0.338 e. The van der Waals surface area contributed by atoms with Crippen molar-refractivity contribution in [2.45, 2.75) is 39.3 Å². The molecule has 20 heavy (non-hydrogen) atoms. The monoisotopic (exact) mass is 276 g/mol. The summed E-state index contributed by atoms with van der Waals surface area (Å²) in [4.78, 5) is 10.8. The van der Waals surface area contributed by atoms with E-state index in [2.05, 4.69) is 32.0 Å². The maximum Gasteiger partial charge on any atom is 0.243 e. The highest BCUT2D eigenvalue weighted by Crippen LogP contribution is 2.26. The molecule has 0 bridgehead atoms. The highest BCUT2D eigenvalue weighted by Gasteiger charge is 2.27. The van der Waals surface area contributed by atoms with Crippen LogP contribution in [0.15, 0.2) is 17.2 Å². The van der Waals surface area contributed by atoms with E-state index in [1.54, 1.807) is 12.7 Å². The second-order valence-corrected chi connectivity index (χ2v) is 5.48. The zero-order valence-electron chi connectivity index (χ0n) is 11.9. The summed E-state index contributed by atoms with van der Waals surface area (Å²) in [6.45, 7) is 7.01. The molecule has 3 heterocycles. The lowest BCUT2D eigenvalue weighted by Crippen LogP contribution is -2.38. The second-order valence-electron chi connectivity index (χ2n) is 5.48. The van der Waals surface area contributed by atoms with Gasteiger partial charge in [-0.25, -0.2) is 4.98 Å². The summed E-state index contributed by atoms with van der Waals surface area (Å²) in [5.41, 5.74) is 0. The van der Waals surface area contributed by atoms with Crippen molar-refractivity contribution in [2.24, 2.45) is 5.92 Å². The lowest BCUT2D eigenvalue weighted by atomic mass is 9.97. The summed E-state index contributed by atoms with van der Waals surface area (Å²) in [5, 5.41) is 8.07. The van der Waals surface area contributed by atoms with Crippen molar-refractivity contribution in [3.05, 3.63) is 24.4 Å². The van der Waals surface area contributed by atoms with Crippen molar-refractivity contribution in [3.8, 4) is 0 Å². The standard InChI is InChI=1S/C13H20N6O/c1-10(13-16-11(2)17-20-13)18-5-3-4-12(6-18)7-19-9-14-8-15-19/h8-10,12H,3-7H2,1-2H3/t10-,12-/m1/s1. The van der Waals surface area contributed by atoms with Gasteiger partial charge in [0.2, 0.25) is 5.89 Å². The van der Waals surface area contributed by atoms with Crippen molar-refractivity contribution < 1.29 is 4.52 Å². The predicted octanol–water partition coefficient (Wildman–Crippen LogP) is 1.44. The van der Waals surface area contributed by atoms with Gasteiger partial charge in [-0.05, 0) is 39.2 Å². The minimum Gasteiger partial charge on any atom is -0.338 e. The second kappa shape index (κ2) is 5.70. The lowest BCUT2D eigenvalue weighted by Gasteiger charge is -2.35. The SMILES string of the molecule is Cc1noc([C@@H](C)N2CCC[C@@H](Cn3cncn3)C2)n1. The molecule has 2 aromatic rings. The molecule has 7 heteroatoms. The van der Waals surface area contributed by atoms with Crippen LogP contribution in [0.5, 0.6) is 0 Å². The number of likely N-dealkylation sites (tertiary alicyclic amines) is 1. The number of aryl methyl sites for hydroxylation is 1. The molecule has 0 N–H and O–H groups in total. The van der Waals surface area contributed by atoms with Crippen LogP contribution in [0.25, 0.3) is 0 Å². The van der Waals surface area contributed by atoms with Crippen LogP contribution in [0.4, 0.5) is 0 Å². The predicted molar refractivity (Wildman–Crippen MR) is 71.8 cm³/mol. The van der Waals surface area contributed by atoms with Gasteiger partial charge in [0.25, 0.3) is 0 Å². The molecule has 1 aliphatic heterocycles. The molecule has 3 rings (SSSR count). The zero-order valence-corrected chi connectivity index (χ0v) is 11.9. The fourth-order valence-electron chi connectivity index (χ4n) is 2.83. The first-order chi connectivity index (χ1) is 9.72. The van der Waals surface area contributed by atoms with Gasteiger partial charge in [0, 0.05) is 13.1 Å². The molecule has 0 aliphatic carbocycles. The number of hydrogen-bond acceptors (Lipinski definition) is 6. The van der Waals surface area contributed by atoms with Crippen LogP contribution < -0.4 is 0 Å². The molecule has 0 saturated carbocycles. The van der Waals surface area contributed by atoms with Crippen molar-refractivity contribution >= 4 is 0 Å². The summed E-state index contributed by atoms with van der Waals surface area (Å²) >= 11 is 0. The quantitative estimate of drug-likeness (QED) is 0.841. The molecule has 7 nitrogen and oxygen atoms in total. The summed E-state index contributed by atoms with van der Waals surface area (Å²) < 4.78 is 7.20. The Balaban J connectivity index is 1.62. The molecule has 1 aliphatic rings. The molecule has 2 atom stereocenters. The van der Waals surface area contributed by atoms with Crippen molar-refractivity contribution in [3.63, 3.8) is 0 Å². The summed E-state index contributed by atoms with van der Waals surface area (Å²) in [5.74, 6) is 2.00. The molecule has 108 valence electrons. The smallest absolute Gasteiger partial charge is 0.243 e. The van der Waals surface area contributed by atoms with E-state index in [0.717, 1.165) is 19.6 Å². The molecule has 0 amide bonds.